The molecular formula is C28H23N4+. The van der Waals surface area contributed by atoms with Crippen molar-refractivity contribution in [1.29, 1.82) is 0 Å². The average Bonchev–Trinajstić information content (AvgIpc) is 3.19. The van der Waals surface area contributed by atoms with E-state index in [4.69, 9.17) is 10.1 Å². The minimum Gasteiger partial charge on any atom is -0.253 e. The molecule has 0 saturated heterocycles. The predicted molar refractivity (Wildman–Crippen MR) is 132 cm³/mol. The first-order valence-electron chi connectivity index (χ1n) is 10.9. The SMILES string of the molecule is C=Cc1ccc2c3c(n[n+]4c5ccccc5[nH]c24)CC=C(C(C)=Nc2ccccc2C)c13. The summed E-state index contributed by atoms with van der Waals surface area (Å²) in [5, 5.41) is 7.41. The summed E-state index contributed by atoms with van der Waals surface area (Å²) < 4.78 is 2.04. The van der Waals surface area contributed by atoms with Crippen molar-refractivity contribution in [2.75, 3.05) is 0 Å². The molecule has 1 N–H and O–H groups in total. The number of nitrogens with one attached hydrogen (secondary N) is 1. The molecule has 4 nitrogen and oxygen atoms in total. The molecule has 4 heteroatoms. The van der Waals surface area contributed by atoms with Crippen LogP contribution in [-0.2, 0) is 6.42 Å². The van der Waals surface area contributed by atoms with Crippen LogP contribution < -0.4 is 4.52 Å². The number of H-pyrrole nitrogens is 1. The summed E-state index contributed by atoms with van der Waals surface area (Å²) in [5.74, 6) is 0. The lowest BCUT2D eigenvalue weighted by atomic mass is 9.86. The number of nitrogens with zero attached hydrogens (tertiary/aromatic N) is 3. The van der Waals surface area contributed by atoms with Crippen molar-refractivity contribution in [2.45, 2.75) is 20.3 Å². The highest BCUT2D eigenvalue weighted by Crippen LogP contribution is 2.37. The number of allylic oxidation sites excluding steroid dienone is 2. The molecule has 0 radical (unpaired) electrons. The van der Waals surface area contributed by atoms with Gasteiger partial charge in [0.1, 0.15) is 0 Å². The highest BCUT2D eigenvalue weighted by molar-refractivity contribution is 6.28. The standard InChI is InChI=1S/C28H22N4/c1-4-19-13-14-21-27-24(31-32-25-12-8-7-11-23(25)30-28(21)32)16-15-20(26(19)27)18(3)29-22-10-6-5-9-17(22)2/h4-15H,1,16H2,2-3H3/p+1. The van der Waals surface area contributed by atoms with Gasteiger partial charge in [-0.3, -0.25) is 4.99 Å². The van der Waals surface area contributed by atoms with Crippen LogP contribution in [0.25, 0.3) is 39.1 Å². The first-order valence-corrected chi connectivity index (χ1v) is 10.9. The quantitative estimate of drug-likeness (QED) is 0.279. The summed E-state index contributed by atoms with van der Waals surface area (Å²) in [7, 11) is 0. The Morgan fingerprint density at radius 1 is 1.09 bits per heavy atom. The fourth-order valence-corrected chi connectivity index (χ4v) is 4.80. The molecule has 0 atom stereocenters. The highest BCUT2D eigenvalue weighted by Gasteiger charge is 2.26. The van der Waals surface area contributed by atoms with E-state index in [0.717, 1.165) is 51.3 Å². The van der Waals surface area contributed by atoms with Crippen LogP contribution in [0.1, 0.15) is 29.3 Å². The third kappa shape index (κ3) is 2.66. The van der Waals surface area contributed by atoms with Gasteiger partial charge in [-0.05, 0) is 49.2 Å². The van der Waals surface area contributed by atoms with Crippen LogP contribution in [0.4, 0.5) is 5.69 Å². The molecule has 2 heterocycles. The van der Waals surface area contributed by atoms with Gasteiger partial charge in [0.2, 0.25) is 5.52 Å². The number of imidazole rings is 1. The molecule has 0 amide bonds. The number of fused-ring (bicyclic) bond motifs is 4. The minimum absolute atomic E-state index is 0.766. The number of hydrogen-bond acceptors (Lipinski definition) is 2. The molecule has 5 aromatic rings. The smallest absolute Gasteiger partial charge is 0.253 e. The zero-order chi connectivity index (χ0) is 21.8. The molecular weight excluding hydrogens is 392 g/mol. The topological polar surface area (TPSA) is 45.1 Å². The third-order valence-electron chi connectivity index (χ3n) is 6.38. The fraction of sp³-hybridized carbons (Fsp3) is 0.107. The van der Waals surface area contributed by atoms with E-state index >= 15 is 0 Å². The summed E-state index contributed by atoms with van der Waals surface area (Å²) in [6, 6.07) is 20.9. The lowest BCUT2D eigenvalue weighted by molar-refractivity contribution is -0.551. The Kier molecular flexibility index (Phi) is 4.08. The van der Waals surface area contributed by atoms with Crippen LogP contribution in [0.15, 0.2) is 78.3 Å². The van der Waals surface area contributed by atoms with E-state index in [1.165, 1.54) is 21.9 Å². The lowest BCUT2D eigenvalue weighted by Gasteiger charge is -2.20. The van der Waals surface area contributed by atoms with Gasteiger partial charge in [-0.25, -0.2) is 4.98 Å². The predicted octanol–water partition coefficient (Wildman–Crippen LogP) is 6.14. The number of aromatic amines is 1. The van der Waals surface area contributed by atoms with E-state index in [1.54, 1.807) is 0 Å². The van der Waals surface area contributed by atoms with Gasteiger partial charge in [0.25, 0.3) is 0 Å². The second-order valence-corrected chi connectivity index (χ2v) is 8.31. The maximum atomic E-state index is 5.06. The maximum Gasteiger partial charge on any atom is 0.314 e. The highest BCUT2D eigenvalue weighted by atomic mass is 15.3. The number of para-hydroxylation sites is 3. The van der Waals surface area contributed by atoms with Gasteiger partial charge in [-0.2, -0.15) is 0 Å². The number of hydrogen-bond donors (Lipinski definition) is 1. The zero-order valence-electron chi connectivity index (χ0n) is 18.2. The van der Waals surface area contributed by atoms with E-state index in [1.807, 2.05) is 28.8 Å². The normalized spacial score (nSPS) is 13.7. The van der Waals surface area contributed by atoms with E-state index in [-0.39, 0.29) is 0 Å². The van der Waals surface area contributed by atoms with Crippen LogP contribution in [0.3, 0.4) is 0 Å². The van der Waals surface area contributed by atoms with Gasteiger partial charge >= 0.3 is 5.65 Å². The van der Waals surface area contributed by atoms with Crippen LogP contribution >= 0.6 is 0 Å². The summed E-state index contributed by atoms with van der Waals surface area (Å²) in [6.45, 7) is 8.28. The van der Waals surface area contributed by atoms with Crippen molar-refractivity contribution in [2.24, 2.45) is 4.99 Å². The molecule has 0 unspecified atom stereocenters. The average molecular weight is 416 g/mol. The van der Waals surface area contributed by atoms with E-state index in [0.29, 0.717) is 0 Å². The largest absolute Gasteiger partial charge is 0.314 e. The molecule has 32 heavy (non-hydrogen) atoms. The monoisotopic (exact) mass is 415 g/mol. The van der Waals surface area contributed by atoms with Gasteiger partial charge in [0.15, 0.2) is 5.52 Å². The number of aliphatic imine (C=N–C) groups is 1. The second-order valence-electron chi connectivity index (χ2n) is 8.31. The number of rotatable bonds is 3. The first-order chi connectivity index (χ1) is 15.7. The molecule has 3 aromatic carbocycles. The zero-order valence-corrected chi connectivity index (χ0v) is 18.2. The molecule has 1 aliphatic carbocycles. The van der Waals surface area contributed by atoms with Crippen molar-refractivity contribution < 1.29 is 4.52 Å². The van der Waals surface area contributed by atoms with Crippen LogP contribution in [0.5, 0.6) is 0 Å². The van der Waals surface area contributed by atoms with Crippen LogP contribution in [-0.4, -0.2) is 15.8 Å². The third-order valence-corrected chi connectivity index (χ3v) is 6.38. The maximum absolute atomic E-state index is 5.06. The summed E-state index contributed by atoms with van der Waals surface area (Å²) in [4.78, 5) is 8.57. The Balaban J connectivity index is 1.65. The number of aromatic nitrogens is 3. The van der Waals surface area contributed by atoms with Crippen molar-refractivity contribution in [3.8, 4) is 0 Å². The summed E-state index contributed by atoms with van der Waals surface area (Å²) >= 11 is 0. The van der Waals surface area contributed by atoms with Gasteiger partial charge in [0, 0.05) is 28.7 Å². The van der Waals surface area contributed by atoms with Gasteiger partial charge in [-0.15, -0.1) is 0 Å². The van der Waals surface area contributed by atoms with Crippen LogP contribution in [0.2, 0.25) is 0 Å². The fourth-order valence-electron chi connectivity index (χ4n) is 4.80. The first kappa shape index (κ1) is 18.7. The Morgan fingerprint density at radius 2 is 1.91 bits per heavy atom. The van der Waals surface area contributed by atoms with E-state index in [2.05, 4.69) is 74.0 Å². The molecule has 0 bridgehead atoms. The second kappa shape index (κ2) is 6.99. The lowest BCUT2D eigenvalue weighted by Crippen LogP contribution is -2.28. The molecule has 0 aliphatic heterocycles. The Bertz CT molecular complexity index is 1630. The molecule has 6 rings (SSSR count). The minimum atomic E-state index is 0.766. The Morgan fingerprint density at radius 3 is 2.75 bits per heavy atom. The van der Waals surface area contributed by atoms with E-state index in [9.17, 15) is 0 Å². The number of aryl methyl sites for hydroxylation is 1. The number of benzene rings is 3. The Labute approximate surface area is 186 Å². The molecule has 0 spiro atoms. The van der Waals surface area contributed by atoms with Crippen molar-refractivity contribution in [3.63, 3.8) is 0 Å². The molecule has 0 saturated carbocycles. The van der Waals surface area contributed by atoms with Gasteiger partial charge < -0.3 is 0 Å². The molecule has 1 aliphatic rings. The van der Waals surface area contributed by atoms with Gasteiger partial charge in [0.05, 0.1) is 16.8 Å². The van der Waals surface area contributed by atoms with E-state index < -0.39 is 0 Å². The molecule has 0 fully saturated rings. The van der Waals surface area contributed by atoms with Crippen molar-refractivity contribution >= 4 is 50.5 Å². The van der Waals surface area contributed by atoms with Crippen molar-refractivity contribution in [1.82, 2.24) is 10.1 Å². The Hall–Kier alpha value is -4.05. The summed E-state index contributed by atoms with van der Waals surface area (Å²) in [6.07, 6.45) is 4.96. The molecule has 2 aromatic heterocycles. The van der Waals surface area contributed by atoms with Crippen molar-refractivity contribution in [3.05, 3.63) is 95.7 Å². The van der Waals surface area contributed by atoms with Gasteiger partial charge in [-0.1, -0.05) is 64.7 Å². The summed E-state index contributed by atoms with van der Waals surface area (Å²) in [5.41, 5.74) is 10.9. The molecule has 154 valence electrons. The van der Waals surface area contributed by atoms with Crippen LogP contribution in [0, 0.1) is 6.92 Å².